The number of hydrogen-bond acceptors (Lipinski definition) is 4. The number of rotatable bonds is 5. The fourth-order valence-electron chi connectivity index (χ4n) is 1.87. The lowest BCUT2D eigenvalue weighted by Crippen LogP contribution is -2.30. The summed E-state index contributed by atoms with van der Waals surface area (Å²) in [6, 6.07) is 11.1. The second-order valence-electron chi connectivity index (χ2n) is 4.89. The van der Waals surface area contributed by atoms with E-state index in [1.807, 2.05) is 0 Å². The minimum atomic E-state index is -0.774. The number of nitrogens with one attached hydrogen (secondary N) is 1. The van der Waals surface area contributed by atoms with Crippen molar-refractivity contribution in [3.63, 3.8) is 0 Å². The molecular formula is C17H15Cl2NO4. The molecule has 5 nitrogen and oxygen atoms in total. The molecule has 0 aliphatic rings. The molecule has 0 aliphatic heterocycles. The van der Waals surface area contributed by atoms with Crippen LogP contribution in [0.3, 0.4) is 0 Å². The van der Waals surface area contributed by atoms with E-state index in [1.54, 1.807) is 31.2 Å². The van der Waals surface area contributed by atoms with E-state index >= 15 is 0 Å². The molecule has 0 fully saturated rings. The van der Waals surface area contributed by atoms with Gasteiger partial charge in [-0.25, -0.2) is 4.79 Å². The fraction of sp³-hybridized carbons (Fsp3) is 0.176. The first kappa shape index (κ1) is 18.1. The van der Waals surface area contributed by atoms with Crippen LogP contribution in [-0.4, -0.2) is 25.1 Å². The SMILES string of the molecule is COC(=O)c1ccc(Cl)c(NC(=O)[C@H](C)Oc2ccc(Cl)cc2)c1. The van der Waals surface area contributed by atoms with Crippen molar-refractivity contribution in [1.29, 1.82) is 0 Å². The van der Waals surface area contributed by atoms with Crippen molar-refractivity contribution in [2.75, 3.05) is 12.4 Å². The highest BCUT2D eigenvalue weighted by Gasteiger charge is 2.17. The summed E-state index contributed by atoms with van der Waals surface area (Å²) in [5, 5.41) is 3.51. The van der Waals surface area contributed by atoms with Gasteiger partial charge in [0.2, 0.25) is 0 Å². The third kappa shape index (κ3) is 4.63. The van der Waals surface area contributed by atoms with Crippen LogP contribution in [0.5, 0.6) is 5.75 Å². The highest BCUT2D eigenvalue weighted by atomic mass is 35.5. The molecule has 2 aromatic rings. The maximum atomic E-state index is 12.2. The number of hydrogen-bond donors (Lipinski definition) is 1. The number of anilines is 1. The Morgan fingerprint density at radius 3 is 2.38 bits per heavy atom. The van der Waals surface area contributed by atoms with Crippen molar-refractivity contribution >= 4 is 40.8 Å². The van der Waals surface area contributed by atoms with Crippen LogP contribution in [0.25, 0.3) is 0 Å². The maximum absolute atomic E-state index is 12.2. The van der Waals surface area contributed by atoms with E-state index in [1.165, 1.54) is 25.3 Å². The summed E-state index contributed by atoms with van der Waals surface area (Å²) >= 11 is 11.8. The molecule has 2 aromatic carbocycles. The van der Waals surface area contributed by atoms with E-state index in [0.717, 1.165) is 0 Å². The van der Waals surface area contributed by atoms with Crippen molar-refractivity contribution in [1.82, 2.24) is 0 Å². The van der Waals surface area contributed by atoms with Gasteiger partial charge in [-0.1, -0.05) is 23.2 Å². The topological polar surface area (TPSA) is 64.6 Å². The van der Waals surface area contributed by atoms with Gasteiger partial charge < -0.3 is 14.8 Å². The molecule has 0 spiro atoms. The van der Waals surface area contributed by atoms with Gasteiger partial charge in [-0.05, 0) is 49.4 Å². The summed E-state index contributed by atoms with van der Waals surface area (Å²) < 4.78 is 10.2. The van der Waals surface area contributed by atoms with Crippen molar-refractivity contribution in [2.24, 2.45) is 0 Å². The van der Waals surface area contributed by atoms with Gasteiger partial charge in [0.05, 0.1) is 23.4 Å². The molecule has 0 heterocycles. The Morgan fingerprint density at radius 1 is 1.08 bits per heavy atom. The molecular weight excluding hydrogens is 353 g/mol. The van der Waals surface area contributed by atoms with Crippen LogP contribution in [0.1, 0.15) is 17.3 Å². The fourth-order valence-corrected chi connectivity index (χ4v) is 2.16. The predicted octanol–water partition coefficient (Wildman–Crippen LogP) is 4.19. The van der Waals surface area contributed by atoms with Gasteiger partial charge in [-0.15, -0.1) is 0 Å². The van der Waals surface area contributed by atoms with E-state index in [2.05, 4.69) is 10.1 Å². The number of carbonyl (C=O) groups excluding carboxylic acids is 2. The summed E-state index contributed by atoms with van der Waals surface area (Å²) in [6.07, 6.45) is -0.774. The number of carbonyl (C=O) groups is 2. The Labute approximate surface area is 149 Å². The van der Waals surface area contributed by atoms with Gasteiger partial charge in [-0.2, -0.15) is 0 Å². The zero-order valence-electron chi connectivity index (χ0n) is 13.0. The highest BCUT2D eigenvalue weighted by molar-refractivity contribution is 6.34. The lowest BCUT2D eigenvalue weighted by atomic mass is 10.2. The minimum Gasteiger partial charge on any atom is -0.481 e. The summed E-state index contributed by atoms with van der Waals surface area (Å²) in [5.41, 5.74) is 0.583. The van der Waals surface area contributed by atoms with Crippen LogP contribution in [0.2, 0.25) is 10.0 Å². The molecule has 1 atom stereocenters. The van der Waals surface area contributed by atoms with E-state index in [4.69, 9.17) is 27.9 Å². The molecule has 0 saturated carbocycles. The van der Waals surface area contributed by atoms with Crippen LogP contribution in [0.4, 0.5) is 5.69 Å². The van der Waals surface area contributed by atoms with E-state index in [9.17, 15) is 9.59 Å². The van der Waals surface area contributed by atoms with Gasteiger partial charge >= 0.3 is 5.97 Å². The molecule has 0 aromatic heterocycles. The average Bonchev–Trinajstić information content (AvgIpc) is 2.58. The van der Waals surface area contributed by atoms with E-state index in [-0.39, 0.29) is 5.56 Å². The van der Waals surface area contributed by atoms with Crippen molar-refractivity contribution in [3.8, 4) is 5.75 Å². The monoisotopic (exact) mass is 367 g/mol. The zero-order chi connectivity index (χ0) is 17.7. The van der Waals surface area contributed by atoms with Crippen LogP contribution < -0.4 is 10.1 Å². The van der Waals surface area contributed by atoms with E-state index < -0.39 is 18.0 Å². The molecule has 7 heteroatoms. The van der Waals surface area contributed by atoms with Gasteiger partial charge in [-0.3, -0.25) is 4.79 Å². The second-order valence-corrected chi connectivity index (χ2v) is 5.73. The number of halogens is 2. The molecule has 0 bridgehead atoms. The first-order valence-corrected chi connectivity index (χ1v) is 7.77. The van der Waals surface area contributed by atoms with Crippen molar-refractivity contribution in [2.45, 2.75) is 13.0 Å². The average molecular weight is 368 g/mol. The molecule has 1 amide bonds. The first-order chi connectivity index (χ1) is 11.4. The summed E-state index contributed by atoms with van der Waals surface area (Å²) in [6.45, 7) is 1.60. The summed E-state index contributed by atoms with van der Waals surface area (Å²) in [5.74, 6) is -0.419. The van der Waals surface area contributed by atoms with Crippen molar-refractivity contribution in [3.05, 3.63) is 58.1 Å². The standard InChI is InChI=1S/C17H15Cl2NO4/c1-10(24-13-6-4-12(18)5-7-13)16(21)20-15-9-11(17(22)23-2)3-8-14(15)19/h3-10H,1-2H3,(H,20,21)/t10-/m0/s1. The zero-order valence-corrected chi connectivity index (χ0v) is 14.5. The summed E-state index contributed by atoms with van der Waals surface area (Å²) in [4.78, 5) is 23.8. The second kappa shape index (κ2) is 8.04. The van der Waals surface area contributed by atoms with Gasteiger partial charge in [0.15, 0.2) is 6.10 Å². The molecule has 0 radical (unpaired) electrons. The number of ether oxygens (including phenoxy) is 2. The number of amides is 1. The minimum absolute atomic E-state index is 0.281. The molecule has 0 saturated heterocycles. The molecule has 126 valence electrons. The molecule has 1 N–H and O–H groups in total. The Morgan fingerprint density at radius 2 is 1.75 bits per heavy atom. The third-order valence-corrected chi connectivity index (χ3v) is 3.72. The Balaban J connectivity index is 2.08. The predicted molar refractivity (Wildman–Crippen MR) is 93.0 cm³/mol. The molecule has 0 unspecified atom stereocenters. The lowest BCUT2D eigenvalue weighted by molar-refractivity contribution is -0.122. The number of esters is 1. The largest absolute Gasteiger partial charge is 0.481 e. The van der Waals surface area contributed by atoms with Crippen molar-refractivity contribution < 1.29 is 19.1 Å². The molecule has 24 heavy (non-hydrogen) atoms. The number of methoxy groups -OCH3 is 1. The van der Waals surface area contributed by atoms with Crippen LogP contribution in [0, 0.1) is 0 Å². The number of benzene rings is 2. The quantitative estimate of drug-likeness (QED) is 0.804. The Bertz CT molecular complexity index is 747. The first-order valence-electron chi connectivity index (χ1n) is 7.01. The summed E-state index contributed by atoms with van der Waals surface area (Å²) in [7, 11) is 1.28. The van der Waals surface area contributed by atoms with Crippen LogP contribution in [0.15, 0.2) is 42.5 Å². The highest BCUT2D eigenvalue weighted by Crippen LogP contribution is 2.24. The Kier molecular flexibility index (Phi) is 6.06. The normalized spacial score (nSPS) is 11.5. The smallest absolute Gasteiger partial charge is 0.337 e. The van der Waals surface area contributed by atoms with Gasteiger partial charge in [0, 0.05) is 5.02 Å². The van der Waals surface area contributed by atoms with E-state index in [0.29, 0.717) is 21.5 Å². The van der Waals surface area contributed by atoms with Gasteiger partial charge in [0.25, 0.3) is 5.91 Å². The molecule has 2 rings (SSSR count). The lowest BCUT2D eigenvalue weighted by Gasteiger charge is -2.15. The van der Waals surface area contributed by atoms with Gasteiger partial charge in [0.1, 0.15) is 5.75 Å². The van der Waals surface area contributed by atoms with Crippen LogP contribution in [-0.2, 0) is 9.53 Å². The third-order valence-electron chi connectivity index (χ3n) is 3.14. The van der Waals surface area contributed by atoms with Crippen LogP contribution >= 0.6 is 23.2 Å². The maximum Gasteiger partial charge on any atom is 0.337 e. The Hall–Kier alpha value is -2.24. The molecule has 0 aliphatic carbocycles.